The summed E-state index contributed by atoms with van der Waals surface area (Å²) in [5.41, 5.74) is 0. The van der Waals surface area contributed by atoms with Crippen molar-refractivity contribution in [1.29, 1.82) is 0 Å². The van der Waals surface area contributed by atoms with Gasteiger partial charge in [0.2, 0.25) is 11.8 Å². The zero-order valence-corrected chi connectivity index (χ0v) is 13.3. The van der Waals surface area contributed by atoms with Crippen LogP contribution in [0.3, 0.4) is 0 Å². The largest absolute Gasteiger partial charge is 0.493 e. The summed E-state index contributed by atoms with van der Waals surface area (Å²) >= 11 is 6.73. The number of imide groups is 1. The number of amides is 3. The van der Waals surface area contributed by atoms with E-state index < -0.39 is 0 Å². The molecule has 1 aromatic rings. The summed E-state index contributed by atoms with van der Waals surface area (Å²) in [4.78, 5) is 35.5. The van der Waals surface area contributed by atoms with E-state index in [1.54, 1.807) is 24.3 Å². The Labute approximate surface area is 137 Å². The first kappa shape index (κ1) is 16.6. The summed E-state index contributed by atoms with van der Waals surface area (Å²) in [6.45, 7) is 0.692. The smallest absolute Gasteiger partial charge is 0.288 e. The lowest BCUT2D eigenvalue weighted by Crippen LogP contribution is -2.37. The Kier molecular flexibility index (Phi) is 6.09. The van der Waals surface area contributed by atoms with Gasteiger partial charge in [-0.05, 0) is 24.3 Å². The molecule has 0 unspecified atom stereocenters. The molecule has 1 aromatic carbocycles. The first-order chi connectivity index (χ1) is 10.6. The Morgan fingerprint density at radius 2 is 2.05 bits per heavy atom. The van der Waals surface area contributed by atoms with E-state index in [0.717, 1.165) is 16.7 Å². The van der Waals surface area contributed by atoms with Crippen LogP contribution in [0.25, 0.3) is 0 Å². The predicted molar refractivity (Wildman–Crippen MR) is 84.1 cm³/mol. The number of hydrogen-bond acceptors (Lipinski definition) is 5. The quantitative estimate of drug-likeness (QED) is 0.819. The van der Waals surface area contributed by atoms with Gasteiger partial charge in [0.1, 0.15) is 5.75 Å². The zero-order valence-electron chi connectivity index (χ0n) is 11.7. The number of thioether (sulfide) groups is 1. The third-order valence-corrected chi connectivity index (χ3v) is 4.02. The van der Waals surface area contributed by atoms with Crippen LogP contribution in [-0.4, -0.2) is 47.4 Å². The molecule has 0 saturated carbocycles. The molecular weight excluding hydrogens is 328 g/mol. The highest BCUT2D eigenvalue weighted by Gasteiger charge is 2.29. The SMILES string of the molecule is O=C(CCOc1ccc(Cl)cc1)NCCN1C(=O)CSC1=O. The topological polar surface area (TPSA) is 75.7 Å². The second-order valence-electron chi connectivity index (χ2n) is 4.50. The third kappa shape index (κ3) is 4.92. The highest BCUT2D eigenvalue weighted by atomic mass is 35.5. The van der Waals surface area contributed by atoms with Crippen molar-refractivity contribution in [1.82, 2.24) is 10.2 Å². The standard InChI is InChI=1S/C14H15ClN2O4S/c15-10-1-3-11(4-2-10)21-8-5-12(18)16-6-7-17-13(19)9-22-14(17)20/h1-4H,5-9H2,(H,16,18). The van der Waals surface area contributed by atoms with E-state index in [0.29, 0.717) is 10.8 Å². The minimum atomic E-state index is -0.259. The molecule has 1 saturated heterocycles. The van der Waals surface area contributed by atoms with Crippen molar-refractivity contribution in [3.8, 4) is 5.75 Å². The van der Waals surface area contributed by atoms with Gasteiger partial charge < -0.3 is 10.1 Å². The van der Waals surface area contributed by atoms with Gasteiger partial charge in [0.15, 0.2) is 0 Å². The van der Waals surface area contributed by atoms with Gasteiger partial charge in [-0.1, -0.05) is 23.4 Å². The molecule has 22 heavy (non-hydrogen) atoms. The highest BCUT2D eigenvalue weighted by molar-refractivity contribution is 8.14. The molecule has 0 aromatic heterocycles. The number of ether oxygens (including phenoxy) is 1. The van der Waals surface area contributed by atoms with Crippen molar-refractivity contribution in [3.05, 3.63) is 29.3 Å². The monoisotopic (exact) mass is 342 g/mol. The van der Waals surface area contributed by atoms with E-state index in [1.165, 1.54) is 0 Å². The van der Waals surface area contributed by atoms with Crippen molar-refractivity contribution in [2.24, 2.45) is 0 Å². The molecule has 1 heterocycles. The average Bonchev–Trinajstić information content (AvgIpc) is 2.81. The van der Waals surface area contributed by atoms with Crippen LogP contribution in [0.4, 0.5) is 4.79 Å². The van der Waals surface area contributed by atoms with Gasteiger partial charge in [-0.15, -0.1) is 0 Å². The number of benzene rings is 1. The van der Waals surface area contributed by atoms with Crippen molar-refractivity contribution < 1.29 is 19.1 Å². The van der Waals surface area contributed by atoms with E-state index in [4.69, 9.17) is 16.3 Å². The molecule has 0 radical (unpaired) electrons. The first-order valence-electron chi connectivity index (χ1n) is 6.68. The number of carbonyl (C=O) groups excluding carboxylic acids is 3. The number of halogens is 1. The van der Waals surface area contributed by atoms with Gasteiger partial charge in [-0.25, -0.2) is 0 Å². The minimum absolute atomic E-state index is 0.182. The lowest BCUT2D eigenvalue weighted by atomic mass is 10.3. The van der Waals surface area contributed by atoms with Gasteiger partial charge in [0.05, 0.1) is 18.8 Å². The number of nitrogens with one attached hydrogen (secondary N) is 1. The molecule has 1 fully saturated rings. The van der Waals surface area contributed by atoms with Crippen LogP contribution in [0.5, 0.6) is 5.75 Å². The Morgan fingerprint density at radius 1 is 1.32 bits per heavy atom. The molecule has 1 N–H and O–H groups in total. The predicted octanol–water partition coefficient (Wildman–Crippen LogP) is 1.92. The fourth-order valence-electron chi connectivity index (χ4n) is 1.79. The average molecular weight is 343 g/mol. The Hall–Kier alpha value is -1.73. The van der Waals surface area contributed by atoms with Crippen LogP contribution in [0.1, 0.15) is 6.42 Å². The van der Waals surface area contributed by atoms with Crippen LogP contribution < -0.4 is 10.1 Å². The molecule has 3 amide bonds. The fourth-order valence-corrected chi connectivity index (χ4v) is 2.66. The van der Waals surface area contributed by atoms with E-state index in [2.05, 4.69) is 5.32 Å². The van der Waals surface area contributed by atoms with E-state index in [9.17, 15) is 14.4 Å². The molecule has 1 aliphatic heterocycles. The van der Waals surface area contributed by atoms with Crippen molar-refractivity contribution in [2.45, 2.75) is 6.42 Å². The molecule has 8 heteroatoms. The number of rotatable bonds is 7. The summed E-state index contributed by atoms with van der Waals surface area (Å²) in [5, 5.41) is 3.01. The van der Waals surface area contributed by atoms with E-state index >= 15 is 0 Å². The van der Waals surface area contributed by atoms with Crippen LogP contribution in [0.15, 0.2) is 24.3 Å². The molecule has 0 spiro atoms. The van der Waals surface area contributed by atoms with Crippen molar-refractivity contribution >= 4 is 40.4 Å². The summed E-state index contributed by atoms with van der Waals surface area (Å²) in [7, 11) is 0. The second kappa shape index (κ2) is 8.05. The van der Waals surface area contributed by atoms with Crippen molar-refractivity contribution in [2.75, 3.05) is 25.4 Å². The molecule has 1 aliphatic rings. The van der Waals surface area contributed by atoms with Gasteiger partial charge in [-0.2, -0.15) is 0 Å². The Balaban J connectivity index is 1.61. The van der Waals surface area contributed by atoms with E-state index in [1.807, 2.05) is 0 Å². The molecule has 118 valence electrons. The first-order valence-corrected chi connectivity index (χ1v) is 8.05. The maximum atomic E-state index is 11.6. The maximum Gasteiger partial charge on any atom is 0.288 e. The Bertz CT molecular complexity index is 548. The lowest BCUT2D eigenvalue weighted by molar-refractivity contribution is -0.125. The van der Waals surface area contributed by atoms with Gasteiger partial charge in [0.25, 0.3) is 5.24 Å². The van der Waals surface area contributed by atoms with Crippen LogP contribution in [0.2, 0.25) is 5.02 Å². The summed E-state index contributed by atoms with van der Waals surface area (Å²) < 4.78 is 5.40. The van der Waals surface area contributed by atoms with Crippen LogP contribution in [0, 0.1) is 0 Å². The number of carbonyl (C=O) groups is 3. The third-order valence-electron chi connectivity index (χ3n) is 2.91. The molecule has 0 bridgehead atoms. The van der Waals surface area contributed by atoms with Gasteiger partial charge >= 0.3 is 0 Å². The zero-order chi connectivity index (χ0) is 15.9. The summed E-state index contributed by atoms with van der Waals surface area (Å²) in [5.74, 6) is 0.417. The van der Waals surface area contributed by atoms with Crippen molar-refractivity contribution in [3.63, 3.8) is 0 Å². The Morgan fingerprint density at radius 3 is 2.68 bits per heavy atom. The summed E-state index contributed by atoms with van der Waals surface area (Å²) in [6, 6.07) is 6.86. The maximum absolute atomic E-state index is 11.6. The second-order valence-corrected chi connectivity index (χ2v) is 5.87. The molecule has 0 atom stereocenters. The molecule has 6 nitrogen and oxygen atoms in total. The van der Waals surface area contributed by atoms with E-state index in [-0.39, 0.29) is 48.9 Å². The van der Waals surface area contributed by atoms with Gasteiger partial charge in [0, 0.05) is 18.1 Å². The molecular formula is C14H15ClN2O4S. The number of hydrogen-bond donors (Lipinski definition) is 1. The minimum Gasteiger partial charge on any atom is -0.493 e. The number of nitrogens with zero attached hydrogens (tertiary/aromatic N) is 1. The normalized spacial score (nSPS) is 14.3. The highest BCUT2D eigenvalue weighted by Crippen LogP contribution is 2.17. The summed E-state index contributed by atoms with van der Waals surface area (Å²) in [6.07, 6.45) is 0.194. The molecule has 2 rings (SSSR count). The lowest BCUT2D eigenvalue weighted by Gasteiger charge is -2.13. The molecule has 0 aliphatic carbocycles. The fraction of sp³-hybridized carbons (Fsp3) is 0.357. The van der Waals surface area contributed by atoms with Crippen LogP contribution in [-0.2, 0) is 9.59 Å². The van der Waals surface area contributed by atoms with Gasteiger partial charge in [-0.3, -0.25) is 19.3 Å². The van der Waals surface area contributed by atoms with Crippen LogP contribution >= 0.6 is 23.4 Å².